The monoisotopic (exact) mass is 262 g/mol. The van der Waals surface area contributed by atoms with Crippen LogP contribution in [-0.4, -0.2) is 28.4 Å². The molecule has 2 fully saturated rings. The quantitative estimate of drug-likeness (QED) is 0.840. The van der Waals surface area contributed by atoms with Gasteiger partial charge in [-0.1, -0.05) is 11.6 Å². The van der Waals surface area contributed by atoms with Crippen LogP contribution in [0.3, 0.4) is 0 Å². The van der Waals surface area contributed by atoms with E-state index in [1.807, 2.05) is 13.0 Å². The smallest absolute Gasteiger partial charge is 0.150 e. The standard InChI is InChI=1S/C15H22N2O2/c1-11-9-12(19-16-11)10-17-8-4-6-14(17)13-5-2-3-7-15(13)18/h9,13-14H,2-8,10H2,1H3. The topological polar surface area (TPSA) is 46.3 Å². The second kappa shape index (κ2) is 5.45. The molecule has 0 amide bonds. The van der Waals surface area contributed by atoms with E-state index in [2.05, 4.69) is 10.1 Å². The molecule has 2 atom stereocenters. The van der Waals surface area contributed by atoms with Crippen LogP contribution < -0.4 is 0 Å². The highest BCUT2D eigenvalue weighted by molar-refractivity contribution is 5.82. The van der Waals surface area contributed by atoms with Gasteiger partial charge in [0.2, 0.25) is 0 Å². The molecule has 1 aromatic rings. The number of aromatic nitrogens is 1. The molecule has 4 heteroatoms. The van der Waals surface area contributed by atoms with E-state index in [4.69, 9.17) is 4.52 Å². The lowest BCUT2D eigenvalue weighted by atomic mass is 9.82. The molecule has 1 saturated carbocycles. The van der Waals surface area contributed by atoms with Gasteiger partial charge in [-0.25, -0.2) is 0 Å². The lowest BCUT2D eigenvalue weighted by molar-refractivity contribution is -0.126. The van der Waals surface area contributed by atoms with E-state index < -0.39 is 0 Å². The Hall–Kier alpha value is -1.16. The molecule has 1 aliphatic carbocycles. The number of rotatable bonds is 3. The molecule has 0 radical (unpaired) electrons. The third-order valence-electron chi connectivity index (χ3n) is 4.52. The molecule has 0 spiro atoms. The van der Waals surface area contributed by atoms with Crippen LogP contribution >= 0.6 is 0 Å². The van der Waals surface area contributed by atoms with E-state index in [9.17, 15) is 4.79 Å². The molecular formula is C15H22N2O2. The zero-order chi connectivity index (χ0) is 13.2. The maximum Gasteiger partial charge on any atom is 0.150 e. The van der Waals surface area contributed by atoms with Crippen molar-refractivity contribution in [3.8, 4) is 0 Å². The summed E-state index contributed by atoms with van der Waals surface area (Å²) in [6.45, 7) is 3.82. The molecule has 0 bridgehead atoms. The number of ketones is 1. The minimum absolute atomic E-state index is 0.264. The zero-order valence-electron chi connectivity index (χ0n) is 11.6. The highest BCUT2D eigenvalue weighted by atomic mass is 16.5. The second-order valence-corrected chi connectivity index (χ2v) is 5.93. The van der Waals surface area contributed by atoms with E-state index in [0.29, 0.717) is 11.8 Å². The Balaban J connectivity index is 1.68. The van der Waals surface area contributed by atoms with Gasteiger partial charge in [0.15, 0.2) is 5.76 Å². The highest BCUT2D eigenvalue weighted by Gasteiger charge is 2.36. The minimum Gasteiger partial charge on any atom is -0.360 e. The van der Waals surface area contributed by atoms with Crippen LogP contribution in [0.2, 0.25) is 0 Å². The normalized spacial score (nSPS) is 29.0. The van der Waals surface area contributed by atoms with Crippen molar-refractivity contribution in [2.45, 2.75) is 58.0 Å². The van der Waals surface area contributed by atoms with Gasteiger partial charge in [-0.2, -0.15) is 0 Å². The van der Waals surface area contributed by atoms with Gasteiger partial charge < -0.3 is 4.52 Å². The molecule has 2 unspecified atom stereocenters. The molecule has 1 aliphatic heterocycles. The number of carbonyl (C=O) groups excluding carboxylic acids is 1. The Labute approximate surface area is 114 Å². The first-order chi connectivity index (χ1) is 9.24. The molecule has 19 heavy (non-hydrogen) atoms. The van der Waals surface area contributed by atoms with Crippen LogP contribution in [0.25, 0.3) is 0 Å². The molecule has 1 aromatic heterocycles. The van der Waals surface area contributed by atoms with Gasteiger partial charge in [0.25, 0.3) is 0 Å². The summed E-state index contributed by atoms with van der Waals surface area (Å²) < 4.78 is 5.31. The Morgan fingerprint density at radius 2 is 2.26 bits per heavy atom. The Morgan fingerprint density at radius 1 is 1.37 bits per heavy atom. The summed E-state index contributed by atoms with van der Waals surface area (Å²) in [6, 6.07) is 2.43. The van der Waals surface area contributed by atoms with Crippen molar-refractivity contribution in [2.75, 3.05) is 6.54 Å². The van der Waals surface area contributed by atoms with Crippen LogP contribution in [0.5, 0.6) is 0 Å². The van der Waals surface area contributed by atoms with Crippen molar-refractivity contribution in [3.63, 3.8) is 0 Å². The maximum atomic E-state index is 12.1. The SMILES string of the molecule is Cc1cc(CN2CCCC2C2CCCCC2=O)on1. The van der Waals surface area contributed by atoms with Gasteiger partial charge in [-0.3, -0.25) is 9.69 Å². The summed E-state index contributed by atoms with van der Waals surface area (Å²) in [4.78, 5) is 14.5. The predicted molar refractivity (Wildman–Crippen MR) is 71.6 cm³/mol. The molecule has 2 heterocycles. The number of hydrogen-bond acceptors (Lipinski definition) is 4. The number of nitrogens with zero attached hydrogens (tertiary/aromatic N) is 2. The van der Waals surface area contributed by atoms with Crippen LogP contribution in [0.1, 0.15) is 50.0 Å². The second-order valence-electron chi connectivity index (χ2n) is 5.93. The Bertz CT molecular complexity index is 455. The van der Waals surface area contributed by atoms with Crippen molar-refractivity contribution in [1.82, 2.24) is 10.1 Å². The fourth-order valence-corrected chi connectivity index (χ4v) is 3.61. The zero-order valence-corrected chi connectivity index (χ0v) is 11.6. The summed E-state index contributed by atoms with van der Waals surface area (Å²) in [5.74, 6) is 1.67. The molecule has 1 saturated heterocycles. The Kier molecular flexibility index (Phi) is 3.69. The summed E-state index contributed by atoms with van der Waals surface area (Å²) in [6.07, 6.45) is 6.52. The van der Waals surface area contributed by atoms with Crippen LogP contribution in [-0.2, 0) is 11.3 Å². The molecule has 2 aliphatic rings. The lowest BCUT2D eigenvalue weighted by Gasteiger charge is -2.32. The fourth-order valence-electron chi connectivity index (χ4n) is 3.61. The van der Waals surface area contributed by atoms with Crippen LogP contribution in [0.15, 0.2) is 10.6 Å². The van der Waals surface area contributed by atoms with Crippen molar-refractivity contribution >= 4 is 5.78 Å². The Morgan fingerprint density at radius 3 is 3.00 bits per heavy atom. The molecular weight excluding hydrogens is 240 g/mol. The molecule has 0 N–H and O–H groups in total. The first kappa shape index (κ1) is 12.9. The molecule has 4 nitrogen and oxygen atoms in total. The first-order valence-corrected chi connectivity index (χ1v) is 7.43. The molecule has 104 valence electrons. The number of likely N-dealkylation sites (tertiary alicyclic amines) is 1. The van der Waals surface area contributed by atoms with Crippen LogP contribution in [0.4, 0.5) is 0 Å². The van der Waals surface area contributed by atoms with E-state index in [0.717, 1.165) is 50.2 Å². The molecule has 0 aromatic carbocycles. The highest BCUT2D eigenvalue weighted by Crippen LogP contribution is 2.33. The van der Waals surface area contributed by atoms with Gasteiger partial charge in [-0.05, 0) is 39.2 Å². The van der Waals surface area contributed by atoms with Crippen molar-refractivity contribution in [2.24, 2.45) is 5.92 Å². The van der Waals surface area contributed by atoms with E-state index >= 15 is 0 Å². The van der Waals surface area contributed by atoms with Gasteiger partial charge in [0.1, 0.15) is 5.78 Å². The largest absolute Gasteiger partial charge is 0.360 e. The fraction of sp³-hybridized carbons (Fsp3) is 0.733. The summed E-state index contributed by atoms with van der Waals surface area (Å²) >= 11 is 0. The van der Waals surface area contributed by atoms with Gasteiger partial charge in [0.05, 0.1) is 12.2 Å². The molecule has 3 rings (SSSR count). The number of hydrogen-bond donors (Lipinski definition) is 0. The van der Waals surface area contributed by atoms with Crippen molar-refractivity contribution in [3.05, 3.63) is 17.5 Å². The summed E-state index contributed by atoms with van der Waals surface area (Å²) in [7, 11) is 0. The third-order valence-corrected chi connectivity index (χ3v) is 4.52. The lowest BCUT2D eigenvalue weighted by Crippen LogP contribution is -2.40. The van der Waals surface area contributed by atoms with E-state index in [1.165, 1.54) is 12.8 Å². The predicted octanol–water partition coefficient (Wildman–Crippen LogP) is 2.71. The van der Waals surface area contributed by atoms with Crippen molar-refractivity contribution < 1.29 is 9.32 Å². The summed E-state index contributed by atoms with van der Waals surface area (Å²) in [5.41, 5.74) is 0.930. The number of carbonyl (C=O) groups is 1. The van der Waals surface area contributed by atoms with Crippen molar-refractivity contribution in [1.29, 1.82) is 0 Å². The number of Topliss-reactive ketones (excluding diaryl/α,β-unsaturated/α-hetero) is 1. The van der Waals surface area contributed by atoms with E-state index in [-0.39, 0.29) is 5.92 Å². The summed E-state index contributed by atoms with van der Waals surface area (Å²) in [5, 5.41) is 3.94. The van der Waals surface area contributed by atoms with Gasteiger partial charge in [-0.15, -0.1) is 0 Å². The number of aryl methyl sites for hydroxylation is 1. The first-order valence-electron chi connectivity index (χ1n) is 7.43. The minimum atomic E-state index is 0.264. The van der Waals surface area contributed by atoms with E-state index in [1.54, 1.807) is 0 Å². The maximum absolute atomic E-state index is 12.1. The van der Waals surface area contributed by atoms with Gasteiger partial charge >= 0.3 is 0 Å². The third kappa shape index (κ3) is 2.73. The van der Waals surface area contributed by atoms with Crippen LogP contribution in [0, 0.1) is 12.8 Å². The van der Waals surface area contributed by atoms with Gasteiger partial charge in [0, 0.05) is 24.4 Å². The average Bonchev–Trinajstić information content (AvgIpc) is 3.00. The average molecular weight is 262 g/mol.